The molecule has 0 radical (unpaired) electrons. The van der Waals surface area contributed by atoms with Crippen molar-refractivity contribution in [3.8, 4) is 0 Å². The highest BCUT2D eigenvalue weighted by Crippen LogP contribution is 2.32. The number of thiophene rings is 1. The van der Waals surface area contributed by atoms with Crippen LogP contribution in [-0.4, -0.2) is 29.5 Å². The third-order valence-corrected chi connectivity index (χ3v) is 6.20. The Hall–Kier alpha value is -1.23. The quantitative estimate of drug-likeness (QED) is 0.734. The molecule has 0 aromatic carbocycles. The van der Waals surface area contributed by atoms with Crippen LogP contribution in [-0.2, 0) is 10.0 Å². The number of hydrogen-bond acceptors (Lipinski definition) is 5. The molecule has 1 atom stereocenters. The third kappa shape index (κ3) is 3.08. The Kier molecular flexibility index (Phi) is 4.28. The molecule has 0 aliphatic rings. The zero-order valence-electron chi connectivity index (χ0n) is 10.1. The summed E-state index contributed by atoms with van der Waals surface area (Å²) in [6.07, 6.45) is 3.10. The lowest BCUT2D eigenvalue weighted by molar-refractivity contribution is 0.0702. The second-order valence-electron chi connectivity index (χ2n) is 3.87. The zero-order valence-corrected chi connectivity index (χ0v) is 13.3. The number of aromatic nitrogens is 2. The van der Waals surface area contributed by atoms with Gasteiger partial charge in [-0.3, -0.25) is 0 Å². The number of carbonyl (C=O) groups is 1. The van der Waals surface area contributed by atoms with E-state index in [-0.39, 0.29) is 13.6 Å². The maximum absolute atomic E-state index is 12.2. The summed E-state index contributed by atoms with van der Waals surface area (Å²) in [4.78, 5) is 17.5. The number of H-pyrrole nitrogens is 1. The minimum absolute atomic E-state index is 0.0529. The molecule has 0 amide bonds. The van der Waals surface area contributed by atoms with Crippen LogP contribution >= 0.6 is 27.3 Å². The molecule has 0 fully saturated rings. The minimum Gasteiger partial charge on any atom is -0.477 e. The Morgan fingerprint density at radius 1 is 1.60 bits per heavy atom. The molecule has 2 heterocycles. The van der Waals surface area contributed by atoms with Gasteiger partial charge in [0.05, 0.1) is 9.83 Å². The van der Waals surface area contributed by atoms with Crippen molar-refractivity contribution in [3.63, 3.8) is 0 Å². The number of sulfonamides is 1. The fraction of sp³-hybridized carbons (Fsp3) is 0.200. The highest BCUT2D eigenvalue weighted by atomic mass is 79.9. The first kappa shape index (κ1) is 15.2. The number of rotatable bonds is 5. The van der Waals surface area contributed by atoms with Crippen LogP contribution in [0.3, 0.4) is 0 Å². The Bertz CT molecular complexity index is 724. The van der Waals surface area contributed by atoms with Crippen molar-refractivity contribution in [1.82, 2.24) is 14.7 Å². The molecule has 0 bridgehead atoms. The fourth-order valence-electron chi connectivity index (χ4n) is 1.51. The van der Waals surface area contributed by atoms with E-state index in [9.17, 15) is 13.2 Å². The fourth-order valence-corrected chi connectivity index (χ4v) is 5.12. The van der Waals surface area contributed by atoms with Crippen LogP contribution in [0.5, 0.6) is 0 Å². The van der Waals surface area contributed by atoms with E-state index in [2.05, 4.69) is 30.6 Å². The Labute approximate surface area is 127 Å². The summed E-state index contributed by atoms with van der Waals surface area (Å²) in [5.74, 6) is -0.699. The molecule has 108 valence electrons. The molecular weight excluding hydrogens is 370 g/mol. The first-order chi connectivity index (χ1) is 9.31. The van der Waals surface area contributed by atoms with E-state index in [0.29, 0.717) is 5.82 Å². The Balaban J connectivity index is 2.29. The number of carboxylic acids is 1. The molecule has 0 spiro atoms. The van der Waals surface area contributed by atoms with Crippen molar-refractivity contribution in [2.45, 2.75) is 17.9 Å². The second-order valence-corrected chi connectivity index (χ2v) is 7.92. The number of carboxylic acid groups (broad SMARTS) is 1. The monoisotopic (exact) mass is 379 g/mol. The number of imidazole rings is 1. The average molecular weight is 380 g/mol. The Morgan fingerprint density at radius 3 is 2.80 bits per heavy atom. The van der Waals surface area contributed by atoms with Crippen molar-refractivity contribution in [1.29, 1.82) is 0 Å². The number of halogens is 1. The SMILES string of the molecule is CC(NS(=O)(=O)c1cc(C(=O)O)sc1Br)c1ncc[nH]1. The molecule has 2 aromatic rings. The number of nitrogens with zero attached hydrogens (tertiary/aromatic N) is 1. The van der Waals surface area contributed by atoms with Crippen LogP contribution in [0.15, 0.2) is 27.1 Å². The highest BCUT2D eigenvalue weighted by molar-refractivity contribution is 9.11. The van der Waals surface area contributed by atoms with Crippen molar-refractivity contribution >= 4 is 43.3 Å². The van der Waals surface area contributed by atoms with E-state index in [1.54, 1.807) is 13.1 Å². The van der Waals surface area contributed by atoms with Gasteiger partial charge >= 0.3 is 5.97 Å². The smallest absolute Gasteiger partial charge is 0.345 e. The predicted molar refractivity (Wildman–Crippen MR) is 76.3 cm³/mol. The molecule has 1 unspecified atom stereocenters. The summed E-state index contributed by atoms with van der Waals surface area (Å²) in [7, 11) is -3.84. The summed E-state index contributed by atoms with van der Waals surface area (Å²) >= 11 is 3.92. The third-order valence-electron chi connectivity index (χ3n) is 2.42. The summed E-state index contributed by atoms with van der Waals surface area (Å²) in [6.45, 7) is 1.63. The molecule has 0 aliphatic carbocycles. The van der Waals surface area contributed by atoms with Gasteiger partial charge in [-0.1, -0.05) is 0 Å². The van der Waals surface area contributed by atoms with Crippen molar-refractivity contribution in [3.05, 3.63) is 32.9 Å². The van der Waals surface area contributed by atoms with Gasteiger partial charge in [-0.2, -0.15) is 0 Å². The zero-order chi connectivity index (χ0) is 14.9. The van der Waals surface area contributed by atoms with Gasteiger partial charge in [-0.25, -0.2) is 22.9 Å². The van der Waals surface area contributed by atoms with E-state index >= 15 is 0 Å². The van der Waals surface area contributed by atoms with E-state index in [0.717, 1.165) is 17.4 Å². The molecule has 10 heteroatoms. The van der Waals surface area contributed by atoms with E-state index < -0.39 is 22.0 Å². The van der Waals surface area contributed by atoms with Gasteiger partial charge < -0.3 is 10.1 Å². The maximum Gasteiger partial charge on any atom is 0.345 e. The normalized spacial score (nSPS) is 13.3. The van der Waals surface area contributed by atoms with E-state index in [1.165, 1.54) is 6.20 Å². The topological polar surface area (TPSA) is 112 Å². The molecular formula is C10H10BrN3O4S2. The van der Waals surface area contributed by atoms with Crippen LogP contribution in [0, 0.1) is 0 Å². The lowest BCUT2D eigenvalue weighted by Crippen LogP contribution is -2.27. The van der Waals surface area contributed by atoms with Crippen molar-refractivity contribution < 1.29 is 18.3 Å². The van der Waals surface area contributed by atoms with E-state index in [1.807, 2.05) is 0 Å². The van der Waals surface area contributed by atoms with Crippen LogP contribution in [0.25, 0.3) is 0 Å². The molecule has 3 N–H and O–H groups in total. The molecule has 7 nitrogen and oxygen atoms in total. The molecule has 0 saturated carbocycles. The van der Waals surface area contributed by atoms with Crippen molar-refractivity contribution in [2.24, 2.45) is 0 Å². The molecule has 0 aliphatic heterocycles. The highest BCUT2D eigenvalue weighted by Gasteiger charge is 2.25. The summed E-state index contributed by atoms with van der Waals surface area (Å²) in [5, 5.41) is 8.88. The van der Waals surface area contributed by atoms with Crippen molar-refractivity contribution in [2.75, 3.05) is 0 Å². The molecule has 20 heavy (non-hydrogen) atoms. The number of hydrogen-bond donors (Lipinski definition) is 3. The van der Waals surface area contributed by atoms with Gasteiger partial charge in [0.15, 0.2) is 0 Å². The van der Waals surface area contributed by atoms with Crippen LogP contribution in [0.4, 0.5) is 0 Å². The number of aromatic amines is 1. The number of nitrogens with one attached hydrogen (secondary N) is 2. The average Bonchev–Trinajstić information content (AvgIpc) is 2.96. The van der Waals surface area contributed by atoms with Gasteiger partial charge in [-0.15, -0.1) is 11.3 Å². The van der Waals surface area contributed by atoms with Crippen LogP contribution in [0.2, 0.25) is 0 Å². The molecule has 0 saturated heterocycles. The molecule has 2 aromatic heterocycles. The lowest BCUT2D eigenvalue weighted by Gasteiger charge is -2.11. The maximum atomic E-state index is 12.2. The predicted octanol–water partition coefficient (Wildman–Crippen LogP) is 1.97. The van der Waals surface area contributed by atoms with Gasteiger partial charge in [-0.05, 0) is 28.9 Å². The second kappa shape index (κ2) is 5.64. The summed E-state index contributed by atoms with van der Waals surface area (Å²) < 4.78 is 27.1. The largest absolute Gasteiger partial charge is 0.477 e. The summed E-state index contributed by atoms with van der Waals surface area (Å²) in [6, 6.07) is 0.559. The van der Waals surface area contributed by atoms with Gasteiger partial charge in [0.25, 0.3) is 0 Å². The summed E-state index contributed by atoms with van der Waals surface area (Å²) in [5.41, 5.74) is 0. The lowest BCUT2D eigenvalue weighted by atomic mass is 10.3. The van der Waals surface area contributed by atoms with Gasteiger partial charge in [0.1, 0.15) is 15.6 Å². The van der Waals surface area contributed by atoms with Gasteiger partial charge in [0, 0.05) is 12.4 Å². The van der Waals surface area contributed by atoms with Crippen LogP contribution < -0.4 is 4.72 Å². The van der Waals surface area contributed by atoms with Gasteiger partial charge in [0.2, 0.25) is 10.0 Å². The standard InChI is InChI=1S/C10H10BrN3O4S2/c1-5(9-12-2-3-13-9)14-20(17,18)7-4-6(10(15)16)19-8(7)11/h2-5,14H,1H3,(H,12,13)(H,15,16). The minimum atomic E-state index is -3.84. The number of aromatic carboxylic acids is 1. The Morgan fingerprint density at radius 2 is 2.30 bits per heavy atom. The van der Waals surface area contributed by atoms with E-state index in [4.69, 9.17) is 5.11 Å². The first-order valence-corrected chi connectivity index (χ1v) is 8.45. The first-order valence-electron chi connectivity index (χ1n) is 5.35. The van der Waals surface area contributed by atoms with Crippen LogP contribution in [0.1, 0.15) is 28.5 Å². The molecule has 2 rings (SSSR count).